The summed E-state index contributed by atoms with van der Waals surface area (Å²) in [6.45, 7) is 9.19. The molecule has 0 saturated carbocycles. The predicted octanol–water partition coefficient (Wildman–Crippen LogP) is 4.04. The molecule has 1 nitrogen and oxygen atoms in total. The Hall–Kier alpha value is -0.820. The van der Waals surface area contributed by atoms with Gasteiger partial charge in [-0.25, -0.2) is 0 Å². The fourth-order valence-electron chi connectivity index (χ4n) is 1.81. The van der Waals surface area contributed by atoms with Crippen LogP contribution in [-0.4, -0.2) is 13.1 Å². The third-order valence-corrected chi connectivity index (χ3v) is 2.96. The van der Waals surface area contributed by atoms with Crippen LogP contribution in [0.4, 0.5) is 0 Å². The summed E-state index contributed by atoms with van der Waals surface area (Å²) in [7, 11) is 0. The van der Waals surface area contributed by atoms with Crippen molar-refractivity contribution in [2.24, 2.45) is 5.41 Å². The van der Waals surface area contributed by atoms with Crippen molar-refractivity contribution in [1.82, 2.24) is 5.32 Å². The summed E-state index contributed by atoms with van der Waals surface area (Å²) in [4.78, 5) is 0. The third-order valence-electron chi connectivity index (χ3n) is 2.96. The predicted molar refractivity (Wildman–Crippen MR) is 76.3 cm³/mol. The molecule has 17 heavy (non-hydrogen) atoms. The molecule has 1 rings (SSSR count). The summed E-state index contributed by atoms with van der Waals surface area (Å²) >= 11 is 0. The molecule has 1 N–H and O–H groups in total. The average molecular weight is 233 g/mol. The van der Waals surface area contributed by atoms with Gasteiger partial charge in [-0.2, -0.15) is 0 Å². The first kappa shape index (κ1) is 14.2. The van der Waals surface area contributed by atoms with Gasteiger partial charge < -0.3 is 5.32 Å². The van der Waals surface area contributed by atoms with Crippen molar-refractivity contribution in [1.29, 1.82) is 0 Å². The van der Waals surface area contributed by atoms with E-state index in [0.717, 1.165) is 13.1 Å². The van der Waals surface area contributed by atoms with Crippen molar-refractivity contribution in [2.45, 2.75) is 46.5 Å². The number of unbranched alkanes of at least 4 members (excludes halogenated alkanes) is 1. The van der Waals surface area contributed by atoms with Crippen LogP contribution in [0, 0.1) is 5.41 Å². The molecule has 0 aliphatic heterocycles. The first-order chi connectivity index (χ1) is 8.08. The van der Waals surface area contributed by atoms with E-state index in [9.17, 15) is 0 Å². The van der Waals surface area contributed by atoms with E-state index in [0.29, 0.717) is 5.41 Å². The molecule has 1 aromatic rings. The van der Waals surface area contributed by atoms with Crippen molar-refractivity contribution >= 4 is 0 Å². The fourth-order valence-corrected chi connectivity index (χ4v) is 1.81. The molecule has 0 atom stereocenters. The Balaban J connectivity index is 1.95. The molecule has 0 heterocycles. The van der Waals surface area contributed by atoms with E-state index in [4.69, 9.17) is 0 Å². The summed E-state index contributed by atoms with van der Waals surface area (Å²) in [5.41, 5.74) is 1.92. The third kappa shape index (κ3) is 7.98. The lowest BCUT2D eigenvalue weighted by molar-refractivity contribution is 0.366. The molecular formula is C16H27N. The number of hydrogen-bond acceptors (Lipinski definition) is 1. The minimum atomic E-state index is 0.455. The fraction of sp³-hybridized carbons (Fsp3) is 0.625. The van der Waals surface area contributed by atoms with Crippen LogP contribution in [-0.2, 0) is 6.42 Å². The first-order valence-electron chi connectivity index (χ1n) is 6.82. The van der Waals surface area contributed by atoms with Crippen LogP contribution >= 0.6 is 0 Å². The van der Waals surface area contributed by atoms with Crippen molar-refractivity contribution in [3.05, 3.63) is 35.9 Å². The van der Waals surface area contributed by atoms with Crippen LogP contribution in [0.2, 0.25) is 0 Å². The van der Waals surface area contributed by atoms with E-state index in [2.05, 4.69) is 56.4 Å². The van der Waals surface area contributed by atoms with Crippen LogP contribution in [0.15, 0.2) is 30.3 Å². The van der Waals surface area contributed by atoms with Gasteiger partial charge in [-0.05, 0) is 49.8 Å². The van der Waals surface area contributed by atoms with Crippen molar-refractivity contribution < 1.29 is 0 Å². The summed E-state index contributed by atoms with van der Waals surface area (Å²) in [5, 5.41) is 3.53. The number of nitrogens with one attached hydrogen (secondary N) is 1. The molecular weight excluding hydrogens is 206 g/mol. The molecule has 0 aliphatic carbocycles. The normalized spacial score (nSPS) is 11.7. The average Bonchev–Trinajstić information content (AvgIpc) is 2.28. The van der Waals surface area contributed by atoms with Gasteiger partial charge in [0.1, 0.15) is 0 Å². The van der Waals surface area contributed by atoms with E-state index in [1.165, 1.54) is 31.2 Å². The topological polar surface area (TPSA) is 12.0 Å². The molecule has 0 unspecified atom stereocenters. The van der Waals surface area contributed by atoms with E-state index in [1.807, 2.05) is 0 Å². The lowest BCUT2D eigenvalue weighted by atomic mass is 9.92. The second kappa shape index (κ2) is 7.50. The number of benzene rings is 1. The second-order valence-corrected chi connectivity index (χ2v) is 6.00. The minimum Gasteiger partial charge on any atom is -0.317 e. The molecule has 0 fully saturated rings. The Morgan fingerprint density at radius 3 is 2.29 bits per heavy atom. The highest BCUT2D eigenvalue weighted by molar-refractivity contribution is 5.14. The number of rotatable bonds is 7. The van der Waals surface area contributed by atoms with Crippen LogP contribution in [0.5, 0.6) is 0 Å². The molecule has 96 valence electrons. The molecule has 0 aromatic heterocycles. The van der Waals surface area contributed by atoms with Gasteiger partial charge in [-0.1, -0.05) is 51.1 Å². The second-order valence-electron chi connectivity index (χ2n) is 6.00. The Morgan fingerprint density at radius 2 is 1.65 bits per heavy atom. The highest BCUT2D eigenvalue weighted by Crippen LogP contribution is 2.16. The van der Waals surface area contributed by atoms with Gasteiger partial charge in [-0.15, -0.1) is 0 Å². The maximum atomic E-state index is 3.53. The summed E-state index contributed by atoms with van der Waals surface area (Å²) in [5.74, 6) is 0. The standard InChI is InChI=1S/C16H27N/c1-16(2,3)12-14-17-13-8-7-11-15-9-5-4-6-10-15/h4-6,9-10,17H,7-8,11-14H2,1-3H3. The number of hydrogen-bond donors (Lipinski definition) is 1. The zero-order chi connectivity index (χ0) is 12.6. The number of aryl methyl sites for hydroxylation is 1. The maximum Gasteiger partial charge on any atom is -0.00439 e. The SMILES string of the molecule is CC(C)(C)CCNCCCCc1ccccc1. The monoisotopic (exact) mass is 233 g/mol. The summed E-state index contributed by atoms with van der Waals surface area (Å²) < 4.78 is 0. The van der Waals surface area contributed by atoms with Gasteiger partial charge in [0, 0.05) is 0 Å². The molecule has 0 saturated heterocycles. The molecule has 0 radical (unpaired) electrons. The van der Waals surface area contributed by atoms with Gasteiger partial charge in [0.15, 0.2) is 0 Å². The van der Waals surface area contributed by atoms with E-state index >= 15 is 0 Å². The van der Waals surface area contributed by atoms with Gasteiger partial charge in [0.25, 0.3) is 0 Å². The summed E-state index contributed by atoms with van der Waals surface area (Å²) in [6.07, 6.45) is 5.03. The summed E-state index contributed by atoms with van der Waals surface area (Å²) in [6, 6.07) is 10.8. The largest absolute Gasteiger partial charge is 0.317 e. The Bertz CT molecular complexity index is 284. The molecule has 0 spiro atoms. The molecule has 0 bridgehead atoms. The zero-order valence-electron chi connectivity index (χ0n) is 11.6. The molecule has 1 aromatic carbocycles. The van der Waals surface area contributed by atoms with Gasteiger partial charge in [0.05, 0.1) is 0 Å². The van der Waals surface area contributed by atoms with Crippen LogP contribution in [0.3, 0.4) is 0 Å². The van der Waals surface area contributed by atoms with Crippen LogP contribution in [0.1, 0.15) is 45.6 Å². The Kier molecular flexibility index (Phi) is 6.28. The Labute approximate surface area is 107 Å². The molecule has 0 aliphatic rings. The van der Waals surface area contributed by atoms with Gasteiger partial charge in [0.2, 0.25) is 0 Å². The molecule has 0 amide bonds. The van der Waals surface area contributed by atoms with Gasteiger partial charge in [-0.3, -0.25) is 0 Å². The molecule has 1 heteroatoms. The van der Waals surface area contributed by atoms with Gasteiger partial charge >= 0.3 is 0 Å². The Morgan fingerprint density at radius 1 is 0.941 bits per heavy atom. The van der Waals surface area contributed by atoms with E-state index in [1.54, 1.807) is 0 Å². The smallest absolute Gasteiger partial charge is 0.00439 e. The van der Waals surface area contributed by atoms with Crippen molar-refractivity contribution in [3.63, 3.8) is 0 Å². The van der Waals surface area contributed by atoms with Crippen molar-refractivity contribution in [2.75, 3.05) is 13.1 Å². The maximum absolute atomic E-state index is 3.53. The van der Waals surface area contributed by atoms with Crippen LogP contribution in [0.25, 0.3) is 0 Å². The highest BCUT2D eigenvalue weighted by atomic mass is 14.8. The zero-order valence-corrected chi connectivity index (χ0v) is 11.6. The lowest BCUT2D eigenvalue weighted by Gasteiger charge is -2.17. The first-order valence-corrected chi connectivity index (χ1v) is 6.82. The quantitative estimate of drug-likeness (QED) is 0.701. The minimum absolute atomic E-state index is 0.455. The van der Waals surface area contributed by atoms with Crippen LogP contribution < -0.4 is 5.32 Å². The lowest BCUT2D eigenvalue weighted by Crippen LogP contribution is -2.21. The highest BCUT2D eigenvalue weighted by Gasteiger charge is 2.08. The van der Waals surface area contributed by atoms with E-state index in [-0.39, 0.29) is 0 Å². The van der Waals surface area contributed by atoms with Crippen molar-refractivity contribution in [3.8, 4) is 0 Å². The van der Waals surface area contributed by atoms with E-state index < -0.39 is 0 Å².